The van der Waals surface area contributed by atoms with Crippen LogP contribution in [0.2, 0.25) is 0 Å². The molecule has 23 heavy (non-hydrogen) atoms. The van der Waals surface area contributed by atoms with Gasteiger partial charge in [0.2, 0.25) is 5.78 Å². The molecule has 1 heterocycles. The summed E-state index contributed by atoms with van der Waals surface area (Å²) in [4.78, 5) is 25.1. The first-order valence-corrected chi connectivity index (χ1v) is 7.61. The van der Waals surface area contributed by atoms with Crippen molar-refractivity contribution in [2.75, 3.05) is 13.7 Å². The van der Waals surface area contributed by atoms with Gasteiger partial charge in [0.05, 0.1) is 17.7 Å². The number of carbonyl (C=O) groups excluding carboxylic acids is 2. The molecule has 2 aromatic rings. The van der Waals surface area contributed by atoms with Crippen molar-refractivity contribution in [1.82, 2.24) is 5.32 Å². The van der Waals surface area contributed by atoms with Gasteiger partial charge in [0.15, 0.2) is 11.5 Å². The summed E-state index contributed by atoms with van der Waals surface area (Å²) in [6.45, 7) is 4.52. The lowest BCUT2D eigenvalue weighted by Crippen LogP contribution is -2.28. The van der Waals surface area contributed by atoms with Crippen LogP contribution in [0.1, 0.15) is 57.7 Å². The predicted molar refractivity (Wildman–Crippen MR) is 84.9 cm³/mol. The van der Waals surface area contributed by atoms with E-state index in [9.17, 15) is 9.59 Å². The average Bonchev–Trinajstić information content (AvgIpc) is 3.03. The van der Waals surface area contributed by atoms with Crippen molar-refractivity contribution in [2.24, 2.45) is 0 Å². The summed E-state index contributed by atoms with van der Waals surface area (Å²) in [5, 5.41) is 3.27. The SMILES string of the molecule is COC(C)CN[C@@H](C)c1cc2c(o1)C(=O)c1ccccc1C2=O. The van der Waals surface area contributed by atoms with Crippen LogP contribution < -0.4 is 5.32 Å². The van der Waals surface area contributed by atoms with E-state index in [1.165, 1.54) is 0 Å². The van der Waals surface area contributed by atoms with E-state index in [0.29, 0.717) is 29.0 Å². The lowest BCUT2D eigenvalue weighted by atomic mass is 9.88. The number of ether oxygens (including phenoxy) is 1. The molecule has 2 atom stereocenters. The maximum absolute atomic E-state index is 12.5. The van der Waals surface area contributed by atoms with Gasteiger partial charge in [0, 0.05) is 24.8 Å². The molecule has 5 nitrogen and oxygen atoms in total. The fourth-order valence-corrected chi connectivity index (χ4v) is 2.63. The van der Waals surface area contributed by atoms with Crippen LogP contribution in [0.25, 0.3) is 0 Å². The number of methoxy groups -OCH3 is 1. The number of carbonyl (C=O) groups is 2. The maximum Gasteiger partial charge on any atom is 0.229 e. The smallest absolute Gasteiger partial charge is 0.229 e. The fraction of sp³-hybridized carbons (Fsp3) is 0.333. The number of furan rings is 1. The Morgan fingerprint density at radius 3 is 2.39 bits per heavy atom. The van der Waals surface area contributed by atoms with Gasteiger partial charge in [-0.2, -0.15) is 0 Å². The van der Waals surface area contributed by atoms with Gasteiger partial charge >= 0.3 is 0 Å². The molecule has 0 radical (unpaired) electrons. The van der Waals surface area contributed by atoms with Gasteiger partial charge in [-0.1, -0.05) is 24.3 Å². The number of hydrogen-bond donors (Lipinski definition) is 1. The first-order chi connectivity index (χ1) is 11.0. The molecule has 0 amide bonds. The summed E-state index contributed by atoms with van der Waals surface area (Å²) in [5.74, 6) is 0.312. The van der Waals surface area contributed by atoms with E-state index in [-0.39, 0.29) is 29.5 Å². The van der Waals surface area contributed by atoms with Crippen LogP contribution in [0.5, 0.6) is 0 Å². The van der Waals surface area contributed by atoms with Crippen molar-refractivity contribution in [3.05, 3.63) is 58.5 Å². The molecule has 1 unspecified atom stereocenters. The molecule has 1 N–H and O–H groups in total. The third-order valence-electron chi connectivity index (χ3n) is 4.16. The highest BCUT2D eigenvalue weighted by molar-refractivity contribution is 6.27. The van der Waals surface area contributed by atoms with E-state index >= 15 is 0 Å². The largest absolute Gasteiger partial charge is 0.455 e. The van der Waals surface area contributed by atoms with Gasteiger partial charge in [0.1, 0.15) is 5.76 Å². The number of benzene rings is 1. The molecule has 0 saturated carbocycles. The van der Waals surface area contributed by atoms with Crippen molar-refractivity contribution in [2.45, 2.75) is 26.0 Å². The lowest BCUT2D eigenvalue weighted by Gasteiger charge is -2.15. The molecule has 1 aromatic carbocycles. The van der Waals surface area contributed by atoms with Gasteiger partial charge in [0.25, 0.3) is 0 Å². The van der Waals surface area contributed by atoms with Crippen LogP contribution in [0, 0.1) is 0 Å². The lowest BCUT2D eigenvalue weighted by molar-refractivity contribution is 0.0958. The Balaban J connectivity index is 1.89. The normalized spacial score (nSPS) is 16.0. The fourth-order valence-electron chi connectivity index (χ4n) is 2.63. The topological polar surface area (TPSA) is 68.5 Å². The summed E-state index contributed by atoms with van der Waals surface area (Å²) in [5.41, 5.74) is 1.18. The van der Waals surface area contributed by atoms with Crippen LogP contribution in [-0.4, -0.2) is 31.3 Å². The molecule has 0 saturated heterocycles. The van der Waals surface area contributed by atoms with Gasteiger partial charge in [-0.25, -0.2) is 0 Å². The van der Waals surface area contributed by atoms with Crippen molar-refractivity contribution >= 4 is 11.6 Å². The molecular weight excluding hydrogens is 294 g/mol. The molecule has 0 aliphatic heterocycles. The zero-order chi connectivity index (χ0) is 16.6. The zero-order valence-corrected chi connectivity index (χ0v) is 13.4. The number of rotatable bonds is 5. The Morgan fingerprint density at radius 1 is 1.09 bits per heavy atom. The minimum absolute atomic E-state index is 0.0644. The Kier molecular flexibility index (Phi) is 4.15. The highest BCUT2D eigenvalue weighted by atomic mass is 16.5. The summed E-state index contributed by atoms with van der Waals surface area (Å²) in [7, 11) is 1.65. The molecule has 1 aliphatic carbocycles. The van der Waals surface area contributed by atoms with Crippen LogP contribution in [0.3, 0.4) is 0 Å². The molecule has 3 rings (SSSR count). The molecular formula is C18H19NO4. The van der Waals surface area contributed by atoms with Crippen LogP contribution in [-0.2, 0) is 4.74 Å². The number of ketones is 2. The maximum atomic E-state index is 12.5. The number of nitrogens with one attached hydrogen (secondary N) is 1. The van der Waals surface area contributed by atoms with E-state index < -0.39 is 0 Å². The third-order valence-corrected chi connectivity index (χ3v) is 4.16. The minimum Gasteiger partial charge on any atom is -0.455 e. The zero-order valence-electron chi connectivity index (χ0n) is 13.4. The van der Waals surface area contributed by atoms with Crippen molar-refractivity contribution < 1.29 is 18.7 Å². The monoisotopic (exact) mass is 313 g/mol. The van der Waals surface area contributed by atoms with E-state index in [1.54, 1.807) is 37.4 Å². The summed E-state index contributed by atoms with van der Waals surface area (Å²) < 4.78 is 10.9. The quantitative estimate of drug-likeness (QED) is 0.784. The van der Waals surface area contributed by atoms with E-state index in [2.05, 4.69) is 5.32 Å². The van der Waals surface area contributed by atoms with Crippen LogP contribution in [0.4, 0.5) is 0 Å². The number of hydrogen-bond acceptors (Lipinski definition) is 5. The third kappa shape index (κ3) is 2.73. The molecule has 1 aromatic heterocycles. The van der Waals surface area contributed by atoms with Gasteiger partial charge in [-0.05, 0) is 19.9 Å². The van der Waals surface area contributed by atoms with Gasteiger partial charge in [-0.3, -0.25) is 9.59 Å². The second-order valence-corrected chi connectivity index (χ2v) is 5.77. The molecule has 1 aliphatic rings. The first kappa shape index (κ1) is 15.6. The Labute approximate surface area is 134 Å². The van der Waals surface area contributed by atoms with E-state index in [4.69, 9.17) is 9.15 Å². The number of fused-ring (bicyclic) bond motifs is 2. The summed E-state index contributed by atoms with van der Waals surface area (Å²) >= 11 is 0. The second-order valence-electron chi connectivity index (χ2n) is 5.77. The Morgan fingerprint density at radius 2 is 1.74 bits per heavy atom. The average molecular weight is 313 g/mol. The minimum atomic E-state index is -0.237. The summed E-state index contributed by atoms with van der Waals surface area (Å²) in [6.07, 6.45) is 0.0644. The highest BCUT2D eigenvalue weighted by Crippen LogP contribution is 2.31. The second kappa shape index (κ2) is 6.10. The van der Waals surface area contributed by atoms with Crippen molar-refractivity contribution in [3.8, 4) is 0 Å². The Hall–Kier alpha value is -2.24. The molecule has 0 bridgehead atoms. The van der Waals surface area contributed by atoms with Crippen LogP contribution >= 0.6 is 0 Å². The van der Waals surface area contributed by atoms with E-state index in [0.717, 1.165) is 0 Å². The first-order valence-electron chi connectivity index (χ1n) is 7.61. The van der Waals surface area contributed by atoms with E-state index in [1.807, 2.05) is 13.8 Å². The predicted octanol–water partition coefficient (Wildman–Crippen LogP) is 2.74. The van der Waals surface area contributed by atoms with Crippen LogP contribution in [0.15, 0.2) is 34.7 Å². The molecule has 0 fully saturated rings. The van der Waals surface area contributed by atoms with Crippen molar-refractivity contribution in [3.63, 3.8) is 0 Å². The molecule has 0 spiro atoms. The molecule has 5 heteroatoms. The molecule has 120 valence electrons. The highest BCUT2D eigenvalue weighted by Gasteiger charge is 2.34. The summed E-state index contributed by atoms with van der Waals surface area (Å²) in [6, 6.07) is 8.37. The van der Waals surface area contributed by atoms with Crippen molar-refractivity contribution in [1.29, 1.82) is 0 Å². The Bertz CT molecular complexity index is 710. The standard InChI is InChI=1S/C18H19NO4/c1-10(22-3)9-19-11(2)15-8-14-16(20)12-6-4-5-7-13(12)17(21)18(14)23-15/h4-8,10-11,19H,9H2,1-3H3/t10?,11-/m0/s1. The van der Waals surface area contributed by atoms with Gasteiger partial charge in [-0.15, -0.1) is 0 Å². The van der Waals surface area contributed by atoms with Gasteiger partial charge < -0.3 is 14.5 Å².